The maximum atomic E-state index is 2.35. The van der Waals surface area contributed by atoms with Gasteiger partial charge in [0.05, 0.1) is 0 Å². The van der Waals surface area contributed by atoms with Gasteiger partial charge in [0.2, 0.25) is 0 Å². The molecule has 0 aromatic heterocycles. The summed E-state index contributed by atoms with van der Waals surface area (Å²) in [7, 11) is 0. The fraction of sp³-hybridized carbons (Fsp3) is 0.500. The molecule has 0 bridgehead atoms. The van der Waals surface area contributed by atoms with Crippen molar-refractivity contribution in [1.29, 1.82) is 0 Å². The molecular formula is C16H22Ru. The van der Waals surface area contributed by atoms with E-state index in [2.05, 4.69) is 52.0 Å². The molecule has 94 valence electrons. The van der Waals surface area contributed by atoms with Crippen molar-refractivity contribution in [3.05, 3.63) is 43.8 Å². The summed E-state index contributed by atoms with van der Waals surface area (Å²) >= 11 is 0.303. The van der Waals surface area contributed by atoms with Crippen LogP contribution in [0.1, 0.15) is 40.5 Å². The van der Waals surface area contributed by atoms with Crippen LogP contribution in [0.4, 0.5) is 0 Å². The van der Waals surface area contributed by atoms with E-state index in [4.69, 9.17) is 0 Å². The predicted molar refractivity (Wildman–Crippen MR) is 71.2 cm³/mol. The molecule has 2 aliphatic rings. The molecule has 0 saturated heterocycles. The van der Waals surface area contributed by atoms with Crippen molar-refractivity contribution in [3.63, 3.8) is 0 Å². The molecule has 1 heteroatoms. The Bertz CT molecular complexity index is 377. The summed E-state index contributed by atoms with van der Waals surface area (Å²) in [4.78, 5) is 0. The molecule has 2 rings (SSSR count). The second-order valence-electron chi connectivity index (χ2n) is 5.30. The third-order valence-electron chi connectivity index (χ3n) is 3.25. The normalized spacial score (nSPS) is 19.9. The molecule has 0 aromatic carbocycles. The van der Waals surface area contributed by atoms with Crippen LogP contribution in [0.5, 0.6) is 0 Å². The van der Waals surface area contributed by atoms with Gasteiger partial charge in [0.25, 0.3) is 0 Å². The van der Waals surface area contributed by atoms with E-state index in [-0.39, 0.29) is 0 Å². The predicted octanol–water partition coefficient (Wildman–Crippen LogP) is 4.81. The fourth-order valence-electron chi connectivity index (χ4n) is 2.29. The molecular weight excluding hydrogens is 293 g/mol. The first-order valence-electron chi connectivity index (χ1n) is 6.51. The molecule has 0 N–H and O–H groups in total. The number of hydrogen-bond acceptors (Lipinski definition) is 0. The van der Waals surface area contributed by atoms with Crippen molar-refractivity contribution in [2.24, 2.45) is 11.8 Å². The van der Waals surface area contributed by atoms with E-state index in [1.54, 1.807) is 19.5 Å². The van der Waals surface area contributed by atoms with Gasteiger partial charge in [-0.3, -0.25) is 0 Å². The summed E-state index contributed by atoms with van der Waals surface area (Å²) in [6.45, 7) is 9.26. The van der Waals surface area contributed by atoms with E-state index >= 15 is 0 Å². The first-order valence-corrected chi connectivity index (χ1v) is 8.25. The average molecular weight is 315 g/mol. The van der Waals surface area contributed by atoms with Crippen LogP contribution < -0.4 is 0 Å². The van der Waals surface area contributed by atoms with Gasteiger partial charge in [0.1, 0.15) is 0 Å². The Labute approximate surface area is 113 Å². The molecule has 0 heterocycles. The molecule has 0 unspecified atom stereocenters. The van der Waals surface area contributed by atoms with Gasteiger partial charge < -0.3 is 0 Å². The number of hydrogen-bond donors (Lipinski definition) is 0. The Kier molecular flexibility index (Phi) is 4.20. The monoisotopic (exact) mass is 316 g/mol. The molecule has 0 fully saturated rings. The van der Waals surface area contributed by atoms with E-state index in [9.17, 15) is 0 Å². The van der Waals surface area contributed by atoms with E-state index in [1.807, 2.05) is 0 Å². The molecule has 0 radical (unpaired) electrons. The van der Waals surface area contributed by atoms with Gasteiger partial charge in [-0.2, -0.15) is 0 Å². The molecule has 2 aliphatic carbocycles. The van der Waals surface area contributed by atoms with Crippen molar-refractivity contribution in [3.8, 4) is 0 Å². The van der Waals surface area contributed by atoms with Gasteiger partial charge in [-0.05, 0) is 0 Å². The molecule has 0 aliphatic heterocycles. The molecule has 0 atom stereocenters. The Balaban J connectivity index is 2.18. The van der Waals surface area contributed by atoms with Gasteiger partial charge in [0.15, 0.2) is 0 Å². The maximum absolute atomic E-state index is 2.35. The van der Waals surface area contributed by atoms with E-state index in [0.717, 1.165) is 0 Å². The van der Waals surface area contributed by atoms with Gasteiger partial charge in [-0.1, -0.05) is 0 Å². The Hall–Kier alpha value is -0.417. The molecule has 0 spiro atoms. The second kappa shape index (κ2) is 5.48. The van der Waals surface area contributed by atoms with Crippen molar-refractivity contribution < 1.29 is 17.1 Å². The summed E-state index contributed by atoms with van der Waals surface area (Å²) < 4.78 is 3.48. The number of allylic oxidation sites excluding steroid dienone is 8. The topological polar surface area (TPSA) is 0 Å². The van der Waals surface area contributed by atoms with Crippen LogP contribution in [-0.4, -0.2) is 0 Å². The van der Waals surface area contributed by atoms with Gasteiger partial charge in [-0.15, -0.1) is 0 Å². The summed E-state index contributed by atoms with van der Waals surface area (Å²) in [5.41, 5.74) is 3.23. The second-order valence-corrected chi connectivity index (χ2v) is 7.83. The van der Waals surface area contributed by atoms with Gasteiger partial charge in [-0.25, -0.2) is 0 Å². The Morgan fingerprint density at radius 2 is 1.24 bits per heavy atom. The summed E-state index contributed by atoms with van der Waals surface area (Å²) in [5.74, 6) is 1.38. The first-order chi connectivity index (χ1) is 8.09. The summed E-state index contributed by atoms with van der Waals surface area (Å²) in [6, 6.07) is 0. The van der Waals surface area contributed by atoms with Gasteiger partial charge >= 0.3 is 113 Å². The SMILES string of the molecule is CC(C)C1=[C]([Ru][C]2=C(C(C)C)C=CC2)CC=C1. The van der Waals surface area contributed by atoms with E-state index in [0.29, 0.717) is 29.0 Å². The van der Waals surface area contributed by atoms with Crippen LogP contribution >= 0.6 is 0 Å². The van der Waals surface area contributed by atoms with Crippen molar-refractivity contribution in [2.45, 2.75) is 40.5 Å². The molecule has 17 heavy (non-hydrogen) atoms. The fourth-order valence-corrected chi connectivity index (χ4v) is 5.48. The Morgan fingerprint density at radius 1 is 0.824 bits per heavy atom. The number of rotatable bonds is 4. The third-order valence-corrected chi connectivity index (χ3v) is 6.01. The van der Waals surface area contributed by atoms with Crippen molar-refractivity contribution in [2.75, 3.05) is 0 Å². The Morgan fingerprint density at radius 3 is 1.59 bits per heavy atom. The van der Waals surface area contributed by atoms with Crippen LogP contribution in [0, 0.1) is 11.8 Å². The first kappa shape index (κ1) is 13.0. The molecule has 0 nitrogen and oxygen atoms in total. The zero-order valence-corrected chi connectivity index (χ0v) is 13.0. The van der Waals surface area contributed by atoms with Crippen LogP contribution in [0.15, 0.2) is 43.8 Å². The standard InChI is InChI=1S/2C8H11.Ru/c2*1-7(2)8-5-3-4-6-8;/h2*3,5,7H,4H2,1-2H3;. The zero-order chi connectivity index (χ0) is 12.4. The zero-order valence-electron chi connectivity index (χ0n) is 11.2. The molecule has 0 amide bonds. The van der Waals surface area contributed by atoms with Crippen molar-refractivity contribution >= 4 is 0 Å². The minimum atomic E-state index is 0.303. The van der Waals surface area contributed by atoms with Crippen molar-refractivity contribution in [1.82, 2.24) is 0 Å². The average Bonchev–Trinajstić information content (AvgIpc) is 2.86. The van der Waals surface area contributed by atoms with Crippen LogP contribution in [0.2, 0.25) is 0 Å². The van der Waals surface area contributed by atoms with E-state index in [1.165, 1.54) is 12.8 Å². The van der Waals surface area contributed by atoms with Crippen LogP contribution in [0.25, 0.3) is 0 Å². The summed E-state index contributed by atoms with van der Waals surface area (Å²) in [6.07, 6.45) is 11.8. The molecule has 0 saturated carbocycles. The molecule has 0 aromatic rings. The minimum absolute atomic E-state index is 0.303. The third kappa shape index (κ3) is 2.88. The van der Waals surface area contributed by atoms with Crippen LogP contribution in [-0.2, 0) is 17.1 Å². The quantitative estimate of drug-likeness (QED) is 0.653. The van der Waals surface area contributed by atoms with Crippen LogP contribution in [0.3, 0.4) is 0 Å². The van der Waals surface area contributed by atoms with Gasteiger partial charge in [0, 0.05) is 0 Å². The van der Waals surface area contributed by atoms with E-state index < -0.39 is 0 Å². The summed E-state index contributed by atoms with van der Waals surface area (Å²) in [5, 5.41) is 0.